The maximum absolute atomic E-state index is 11.5. The highest BCUT2D eigenvalue weighted by Crippen LogP contribution is 2.19. The Labute approximate surface area is 108 Å². The molecule has 0 unspecified atom stereocenters. The maximum Gasteiger partial charge on any atom is 0.336 e. The Morgan fingerprint density at radius 3 is 2.78 bits per heavy atom. The van der Waals surface area contributed by atoms with Crippen molar-refractivity contribution >= 4 is 10.3 Å². The van der Waals surface area contributed by atoms with Crippen molar-refractivity contribution in [3.63, 3.8) is 0 Å². The third-order valence-corrected chi connectivity index (χ3v) is 4.07. The SMILES string of the molecule is C=C[C@H]1C[C@@H](CCc2ccccc2)OS(=O)(=O)N1. The van der Waals surface area contributed by atoms with Crippen LogP contribution in [0, 0.1) is 0 Å². The number of rotatable bonds is 4. The molecule has 2 rings (SSSR count). The van der Waals surface area contributed by atoms with Crippen LogP contribution >= 0.6 is 0 Å². The van der Waals surface area contributed by atoms with Gasteiger partial charge in [-0.25, -0.2) is 0 Å². The smallest absolute Gasteiger partial charge is 0.255 e. The molecule has 0 amide bonds. The Morgan fingerprint density at radius 1 is 1.39 bits per heavy atom. The van der Waals surface area contributed by atoms with Gasteiger partial charge >= 0.3 is 10.3 Å². The van der Waals surface area contributed by atoms with Gasteiger partial charge in [0.2, 0.25) is 0 Å². The monoisotopic (exact) mass is 267 g/mol. The zero-order chi connectivity index (χ0) is 13.0. The van der Waals surface area contributed by atoms with Crippen molar-refractivity contribution in [3.8, 4) is 0 Å². The summed E-state index contributed by atoms with van der Waals surface area (Å²) in [5.41, 5.74) is 1.19. The van der Waals surface area contributed by atoms with E-state index in [1.54, 1.807) is 6.08 Å². The Balaban J connectivity index is 1.95. The highest BCUT2D eigenvalue weighted by atomic mass is 32.2. The lowest BCUT2D eigenvalue weighted by atomic mass is 10.0. The Bertz CT molecular complexity index is 498. The molecule has 1 saturated heterocycles. The summed E-state index contributed by atoms with van der Waals surface area (Å²) in [6, 6.07) is 9.73. The molecule has 98 valence electrons. The summed E-state index contributed by atoms with van der Waals surface area (Å²) in [6.45, 7) is 3.62. The van der Waals surface area contributed by atoms with Crippen LogP contribution in [0.25, 0.3) is 0 Å². The van der Waals surface area contributed by atoms with E-state index in [-0.39, 0.29) is 12.1 Å². The van der Waals surface area contributed by atoms with E-state index in [1.807, 2.05) is 30.3 Å². The lowest BCUT2D eigenvalue weighted by molar-refractivity contribution is 0.157. The van der Waals surface area contributed by atoms with Crippen molar-refractivity contribution in [1.29, 1.82) is 0 Å². The van der Waals surface area contributed by atoms with E-state index in [2.05, 4.69) is 11.3 Å². The van der Waals surface area contributed by atoms with Gasteiger partial charge in [-0.1, -0.05) is 36.4 Å². The van der Waals surface area contributed by atoms with Gasteiger partial charge in [-0.15, -0.1) is 6.58 Å². The van der Waals surface area contributed by atoms with E-state index in [4.69, 9.17) is 4.18 Å². The van der Waals surface area contributed by atoms with Crippen molar-refractivity contribution in [3.05, 3.63) is 48.6 Å². The zero-order valence-corrected chi connectivity index (χ0v) is 10.9. The summed E-state index contributed by atoms with van der Waals surface area (Å²) in [5.74, 6) is 0. The molecule has 1 aliphatic heterocycles. The summed E-state index contributed by atoms with van der Waals surface area (Å²) in [5, 5.41) is 0. The van der Waals surface area contributed by atoms with Gasteiger partial charge in [0.1, 0.15) is 0 Å². The zero-order valence-electron chi connectivity index (χ0n) is 10.1. The van der Waals surface area contributed by atoms with Crippen LogP contribution in [-0.2, 0) is 20.9 Å². The maximum atomic E-state index is 11.5. The molecule has 4 nitrogen and oxygen atoms in total. The molecular weight excluding hydrogens is 250 g/mol. The molecule has 0 aliphatic carbocycles. The van der Waals surface area contributed by atoms with Gasteiger partial charge in [-0.3, -0.25) is 4.18 Å². The quantitative estimate of drug-likeness (QED) is 0.846. The number of hydrogen-bond donors (Lipinski definition) is 1. The summed E-state index contributed by atoms with van der Waals surface area (Å²) in [7, 11) is -3.62. The van der Waals surface area contributed by atoms with E-state index in [9.17, 15) is 8.42 Å². The first-order valence-electron chi connectivity index (χ1n) is 5.96. The largest absolute Gasteiger partial charge is 0.336 e. The molecule has 0 radical (unpaired) electrons. The Morgan fingerprint density at radius 2 is 2.11 bits per heavy atom. The summed E-state index contributed by atoms with van der Waals surface area (Å²) >= 11 is 0. The van der Waals surface area contributed by atoms with Crippen LogP contribution in [0.3, 0.4) is 0 Å². The molecule has 0 bridgehead atoms. The van der Waals surface area contributed by atoms with Crippen molar-refractivity contribution in [2.24, 2.45) is 0 Å². The van der Waals surface area contributed by atoms with Gasteiger partial charge < -0.3 is 0 Å². The van der Waals surface area contributed by atoms with Gasteiger partial charge in [0.05, 0.1) is 6.10 Å². The third kappa shape index (κ3) is 3.66. The molecule has 1 N–H and O–H groups in total. The van der Waals surface area contributed by atoms with E-state index in [0.29, 0.717) is 12.8 Å². The van der Waals surface area contributed by atoms with Gasteiger partial charge in [-0.05, 0) is 24.8 Å². The molecule has 18 heavy (non-hydrogen) atoms. The average molecular weight is 267 g/mol. The number of hydrogen-bond acceptors (Lipinski definition) is 3. The van der Waals surface area contributed by atoms with Crippen LogP contribution in [0.1, 0.15) is 18.4 Å². The minimum absolute atomic E-state index is 0.232. The second-order valence-electron chi connectivity index (χ2n) is 4.39. The normalized spacial score (nSPS) is 26.7. The topological polar surface area (TPSA) is 55.4 Å². The molecule has 2 atom stereocenters. The molecule has 1 aromatic carbocycles. The molecule has 0 spiro atoms. The predicted octanol–water partition coefficient (Wildman–Crippen LogP) is 1.80. The van der Waals surface area contributed by atoms with E-state index in [1.165, 1.54) is 5.56 Å². The standard InChI is InChI=1S/C13H17NO3S/c1-2-12-10-13(17-18(15,16)14-12)9-8-11-6-4-3-5-7-11/h2-7,12-14H,1,8-10H2/t12-,13+/m0/s1. The van der Waals surface area contributed by atoms with Crippen molar-refractivity contribution < 1.29 is 12.6 Å². The number of benzene rings is 1. The van der Waals surface area contributed by atoms with Crippen LogP contribution in [0.5, 0.6) is 0 Å². The van der Waals surface area contributed by atoms with Crippen LogP contribution in [0.15, 0.2) is 43.0 Å². The van der Waals surface area contributed by atoms with Crippen LogP contribution < -0.4 is 4.72 Å². The molecule has 1 heterocycles. The van der Waals surface area contributed by atoms with Gasteiger partial charge in [-0.2, -0.15) is 13.1 Å². The fraction of sp³-hybridized carbons (Fsp3) is 0.385. The fourth-order valence-electron chi connectivity index (χ4n) is 2.05. The van der Waals surface area contributed by atoms with Crippen LogP contribution in [-0.4, -0.2) is 20.6 Å². The fourth-order valence-corrected chi connectivity index (χ4v) is 3.20. The molecule has 1 fully saturated rings. The third-order valence-electron chi connectivity index (χ3n) is 2.96. The lowest BCUT2D eigenvalue weighted by Crippen LogP contribution is -2.44. The minimum atomic E-state index is -3.62. The van der Waals surface area contributed by atoms with Gasteiger partial charge in [0.25, 0.3) is 0 Å². The molecule has 5 heteroatoms. The first-order valence-corrected chi connectivity index (χ1v) is 7.37. The van der Waals surface area contributed by atoms with Gasteiger partial charge in [0.15, 0.2) is 0 Å². The summed E-state index contributed by atoms with van der Waals surface area (Å²) < 4.78 is 30.4. The molecule has 0 saturated carbocycles. The summed E-state index contributed by atoms with van der Waals surface area (Å²) in [4.78, 5) is 0. The van der Waals surface area contributed by atoms with Crippen LogP contribution in [0.2, 0.25) is 0 Å². The number of nitrogens with one attached hydrogen (secondary N) is 1. The molecule has 1 aromatic rings. The lowest BCUT2D eigenvalue weighted by Gasteiger charge is -2.27. The summed E-state index contributed by atoms with van der Waals surface area (Å²) in [6.07, 6.45) is 3.46. The molecular formula is C13H17NO3S. The minimum Gasteiger partial charge on any atom is -0.255 e. The predicted molar refractivity (Wildman–Crippen MR) is 70.3 cm³/mol. The highest BCUT2D eigenvalue weighted by Gasteiger charge is 2.29. The van der Waals surface area contributed by atoms with E-state index >= 15 is 0 Å². The second-order valence-corrected chi connectivity index (χ2v) is 5.73. The molecule has 0 aromatic heterocycles. The highest BCUT2D eigenvalue weighted by molar-refractivity contribution is 7.84. The first kappa shape index (κ1) is 13.3. The molecule has 1 aliphatic rings. The first-order chi connectivity index (χ1) is 8.59. The average Bonchev–Trinajstić information content (AvgIpc) is 2.36. The van der Waals surface area contributed by atoms with Crippen molar-refractivity contribution in [1.82, 2.24) is 4.72 Å². The second kappa shape index (κ2) is 5.65. The van der Waals surface area contributed by atoms with E-state index < -0.39 is 10.3 Å². The van der Waals surface area contributed by atoms with Crippen molar-refractivity contribution in [2.45, 2.75) is 31.4 Å². The Kier molecular flexibility index (Phi) is 4.16. The van der Waals surface area contributed by atoms with Crippen LogP contribution in [0.4, 0.5) is 0 Å². The van der Waals surface area contributed by atoms with Gasteiger partial charge in [0, 0.05) is 6.04 Å². The Hall–Kier alpha value is -1.17. The van der Waals surface area contributed by atoms with E-state index in [0.717, 1.165) is 6.42 Å². The van der Waals surface area contributed by atoms with Crippen molar-refractivity contribution in [2.75, 3.05) is 0 Å². The number of aryl methyl sites for hydroxylation is 1.